The van der Waals surface area contributed by atoms with Crippen molar-refractivity contribution >= 4 is 11.6 Å². The maximum absolute atomic E-state index is 13.1. The van der Waals surface area contributed by atoms with Crippen molar-refractivity contribution in [3.63, 3.8) is 0 Å². The molecule has 1 saturated heterocycles. The predicted molar refractivity (Wildman–Crippen MR) is 148 cm³/mol. The number of methoxy groups -OCH3 is 1. The number of carbonyl (C=O) groups excluding carboxylic acids is 2. The molecule has 1 N–H and O–H groups in total. The number of carbonyl (C=O) groups is 2. The summed E-state index contributed by atoms with van der Waals surface area (Å²) in [6, 6.07) is 8.12. The van der Waals surface area contributed by atoms with Crippen LogP contribution in [0.2, 0.25) is 0 Å². The van der Waals surface area contributed by atoms with E-state index in [1.165, 1.54) is 25.7 Å². The molecule has 3 aliphatic rings. The Morgan fingerprint density at radius 3 is 2.30 bits per heavy atom. The van der Waals surface area contributed by atoms with Crippen molar-refractivity contribution in [1.82, 2.24) is 5.32 Å². The fraction of sp³-hybridized carbons (Fsp3) is 0.750. The number of hydrogen-bond acceptors (Lipinski definition) is 5. The van der Waals surface area contributed by atoms with Gasteiger partial charge in [-0.3, -0.25) is 9.59 Å². The van der Waals surface area contributed by atoms with Gasteiger partial charge in [0.15, 0.2) is 11.4 Å². The van der Waals surface area contributed by atoms with Crippen LogP contribution in [0.15, 0.2) is 24.3 Å². The van der Waals surface area contributed by atoms with Gasteiger partial charge in [-0.1, -0.05) is 26.8 Å². The van der Waals surface area contributed by atoms with E-state index in [0.717, 1.165) is 55.6 Å². The molecule has 1 aromatic rings. The van der Waals surface area contributed by atoms with Crippen molar-refractivity contribution in [2.45, 2.75) is 117 Å². The van der Waals surface area contributed by atoms with E-state index in [2.05, 4.69) is 26.1 Å². The fourth-order valence-corrected chi connectivity index (χ4v) is 6.96. The Bertz CT molecular complexity index is 934. The summed E-state index contributed by atoms with van der Waals surface area (Å²) in [5.41, 5.74) is -0.562. The molecule has 3 fully saturated rings. The van der Waals surface area contributed by atoms with E-state index in [-0.39, 0.29) is 11.8 Å². The normalized spacial score (nSPS) is 29.1. The summed E-state index contributed by atoms with van der Waals surface area (Å²) in [6.45, 7) is 10.5. The van der Waals surface area contributed by atoms with Crippen LogP contribution in [-0.2, 0) is 9.59 Å². The molecule has 0 aromatic heterocycles. The molecule has 4 rings (SSSR count). The van der Waals surface area contributed by atoms with E-state index >= 15 is 0 Å². The summed E-state index contributed by atoms with van der Waals surface area (Å²) >= 11 is 0. The van der Waals surface area contributed by atoms with Crippen molar-refractivity contribution < 1.29 is 19.1 Å². The number of nitrogens with one attached hydrogen (secondary N) is 1. The first-order valence-electron chi connectivity index (χ1n) is 14.6. The quantitative estimate of drug-likeness (QED) is 0.296. The van der Waals surface area contributed by atoms with Crippen LogP contribution < -0.4 is 14.8 Å². The van der Waals surface area contributed by atoms with Crippen LogP contribution in [0.25, 0.3) is 0 Å². The highest BCUT2D eigenvalue weighted by atomic mass is 16.5. The molecule has 5 heteroatoms. The predicted octanol–water partition coefficient (Wildman–Crippen LogP) is 6.77. The molecule has 0 amide bonds. The third-order valence-corrected chi connectivity index (χ3v) is 9.12. The van der Waals surface area contributed by atoms with Crippen molar-refractivity contribution in [3.05, 3.63) is 24.3 Å². The number of benzene rings is 1. The third kappa shape index (κ3) is 7.81. The second-order valence-corrected chi connectivity index (χ2v) is 13.8. The summed E-state index contributed by atoms with van der Waals surface area (Å²) in [4.78, 5) is 25.8. The van der Waals surface area contributed by atoms with Crippen molar-refractivity contribution in [2.75, 3.05) is 7.11 Å². The highest BCUT2D eigenvalue weighted by Gasteiger charge is 2.47. The Hall–Kier alpha value is -1.88. The lowest BCUT2D eigenvalue weighted by atomic mass is 9.70. The molecule has 37 heavy (non-hydrogen) atoms. The average Bonchev–Trinajstić information content (AvgIpc) is 3.49. The molecular formula is C32H49NO4. The van der Waals surface area contributed by atoms with E-state index < -0.39 is 5.60 Å². The number of fused-ring (bicyclic) bond motifs is 2. The Morgan fingerprint density at radius 1 is 0.973 bits per heavy atom. The first-order valence-corrected chi connectivity index (χ1v) is 14.6. The molecule has 0 spiro atoms. The number of hydrogen-bond donors (Lipinski definition) is 1. The molecule has 1 aliphatic heterocycles. The molecule has 206 valence electrons. The fourth-order valence-electron chi connectivity index (χ4n) is 6.96. The van der Waals surface area contributed by atoms with E-state index in [0.29, 0.717) is 35.3 Å². The lowest BCUT2D eigenvalue weighted by Crippen LogP contribution is -2.39. The zero-order chi connectivity index (χ0) is 26.8. The number of Topliss-reactive ketones (excluding diaryl/α,β-unsaturated/α-hetero) is 2. The van der Waals surface area contributed by atoms with Crippen LogP contribution in [0, 0.1) is 29.1 Å². The molecule has 5 unspecified atom stereocenters. The van der Waals surface area contributed by atoms with Crippen LogP contribution in [-0.4, -0.2) is 36.4 Å². The van der Waals surface area contributed by atoms with Gasteiger partial charge >= 0.3 is 0 Å². The molecule has 6 atom stereocenters. The van der Waals surface area contributed by atoms with Crippen molar-refractivity contribution in [1.29, 1.82) is 0 Å². The van der Waals surface area contributed by atoms with E-state index in [1.807, 2.05) is 38.1 Å². The van der Waals surface area contributed by atoms with E-state index in [4.69, 9.17) is 9.47 Å². The minimum Gasteiger partial charge on any atom is -0.497 e. The van der Waals surface area contributed by atoms with Crippen molar-refractivity contribution in [2.24, 2.45) is 29.1 Å². The van der Waals surface area contributed by atoms with Gasteiger partial charge in [0.25, 0.3) is 0 Å². The summed E-state index contributed by atoms with van der Waals surface area (Å²) in [7, 11) is 1.63. The molecule has 2 bridgehead atoms. The van der Waals surface area contributed by atoms with Gasteiger partial charge < -0.3 is 14.8 Å². The van der Waals surface area contributed by atoms with Gasteiger partial charge in [0.1, 0.15) is 17.3 Å². The van der Waals surface area contributed by atoms with Gasteiger partial charge in [-0.25, -0.2) is 0 Å². The topological polar surface area (TPSA) is 74.5 Å². The minimum atomic E-state index is -0.877. The first kappa shape index (κ1) is 28.1. The van der Waals surface area contributed by atoms with Gasteiger partial charge in [0, 0.05) is 37.4 Å². The summed E-state index contributed by atoms with van der Waals surface area (Å²) in [6.07, 6.45) is 10.5. The van der Waals surface area contributed by atoms with Gasteiger partial charge in [0.05, 0.1) is 7.11 Å². The smallest absolute Gasteiger partial charge is 0.177 e. The molecule has 1 aromatic carbocycles. The Kier molecular flexibility index (Phi) is 8.72. The number of rotatable bonds is 13. The zero-order valence-corrected chi connectivity index (χ0v) is 24.0. The Balaban J connectivity index is 1.19. The highest BCUT2D eigenvalue weighted by Crippen LogP contribution is 2.52. The minimum absolute atomic E-state index is 0.129. The zero-order valence-electron chi connectivity index (χ0n) is 24.0. The van der Waals surface area contributed by atoms with Gasteiger partial charge in [0.2, 0.25) is 0 Å². The van der Waals surface area contributed by atoms with Gasteiger partial charge in [-0.2, -0.15) is 0 Å². The van der Waals surface area contributed by atoms with Gasteiger partial charge in [-0.05, 0) is 100 Å². The lowest BCUT2D eigenvalue weighted by Gasteiger charge is -2.35. The third-order valence-electron chi connectivity index (χ3n) is 9.12. The van der Waals surface area contributed by atoms with Gasteiger partial charge in [-0.15, -0.1) is 0 Å². The molecule has 2 saturated carbocycles. The number of ether oxygens (including phenoxy) is 2. The number of ketones is 2. The largest absolute Gasteiger partial charge is 0.497 e. The second-order valence-electron chi connectivity index (χ2n) is 13.8. The molecule has 1 heterocycles. The highest BCUT2D eigenvalue weighted by molar-refractivity contribution is 5.87. The molecular weight excluding hydrogens is 462 g/mol. The maximum Gasteiger partial charge on any atom is 0.177 e. The monoisotopic (exact) mass is 511 g/mol. The summed E-state index contributed by atoms with van der Waals surface area (Å²) in [5.74, 6) is 4.79. The van der Waals surface area contributed by atoms with Crippen LogP contribution in [0.3, 0.4) is 0 Å². The Labute approximate surface area is 224 Å². The first-order chi connectivity index (χ1) is 17.4. The Morgan fingerprint density at radius 2 is 1.65 bits per heavy atom. The summed E-state index contributed by atoms with van der Waals surface area (Å²) < 4.78 is 11.3. The maximum atomic E-state index is 13.1. The lowest BCUT2D eigenvalue weighted by molar-refractivity contribution is -0.131. The van der Waals surface area contributed by atoms with Crippen LogP contribution >= 0.6 is 0 Å². The van der Waals surface area contributed by atoms with E-state index in [9.17, 15) is 9.59 Å². The van der Waals surface area contributed by atoms with E-state index in [1.54, 1.807) is 7.11 Å². The van der Waals surface area contributed by atoms with Crippen molar-refractivity contribution in [3.8, 4) is 11.5 Å². The molecule has 5 nitrogen and oxygen atoms in total. The molecule has 2 aliphatic carbocycles. The second kappa shape index (κ2) is 11.5. The van der Waals surface area contributed by atoms with Crippen LogP contribution in [0.1, 0.15) is 98.8 Å². The van der Waals surface area contributed by atoms with Crippen LogP contribution in [0.5, 0.6) is 11.5 Å². The summed E-state index contributed by atoms with van der Waals surface area (Å²) in [5, 5.41) is 3.58. The van der Waals surface area contributed by atoms with Crippen LogP contribution in [0.4, 0.5) is 0 Å². The average molecular weight is 512 g/mol. The standard InChI is InChI=1S/C32H49NO4/c1-31(2,3)14-8-9-24(34)18-27-22-12-13-23(27)16-21(15-22)17-28-29(33-28)20-30(35)32(4,5)37-26-11-7-10-25(19-26)36-6/h7,10-11,19,21-23,27-29,33H,8-9,12-18,20H2,1-6H3/t21?,22-,23?,27?,28?,29?/m1/s1. The molecule has 0 radical (unpaired) electrons. The SMILES string of the molecule is COc1cccc(OC(C)(C)C(=O)CC2NC2CC2CC3CC[C@H](C2)C3CC(=O)CCCC(C)(C)C)c1.